The third-order valence-electron chi connectivity index (χ3n) is 2.58. The standard InChI is InChI=1S/C11H10BrN/c12-10-4-5-11-8(6-10)2-1-3-9(11)7-13/h4-6,9H,1-3H2. The second-order valence-electron chi connectivity index (χ2n) is 3.42. The number of benzene rings is 1. The van der Waals surface area contributed by atoms with Crippen molar-refractivity contribution in [2.75, 3.05) is 0 Å². The number of aryl methyl sites for hydroxylation is 1. The van der Waals surface area contributed by atoms with Crippen molar-refractivity contribution in [3.05, 3.63) is 33.8 Å². The van der Waals surface area contributed by atoms with Crippen LogP contribution in [0.15, 0.2) is 22.7 Å². The van der Waals surface area contributed by atoms with Crippen LogP contribution in [-0.4, -0.2) is 0 Å². The molecule has 0 aromatic heterocycles. The van der Waals surface area contributed by atoms with Gasteiger partial charge in [0.05, 0.1) is 12.0 Å². The fraction of sp³-hybridized carbons (Fsp3) is 0.364. The SMILES string of the molecule is N#CC1CCCc2cc(Br)ccc21. The van der Waals surface area contributed by atoms with Crippen LogP contribution in [0.3, 0.4) is 0 Å². The van der Waals surface area contributed by atoms with Crippen molar-refractivity contribution in [2.24, 2.45) is 0 Å². The molecule has 0 spiro atoms. The van der Waals surface area contributed by atoms with Crippen LogP contribution in [0.5, 0.6) is 0 Å². The van der Waals surface area contributed by atoms with Crippen molar-refractivity contribution in [1.82, 2.24) is 0 Å². The molecule has 1 unspecified atom stereocenters. The molecule has 1 nitrogen and oxygen atoms in total. The molecule has 2 rings (SSSR count). The molecule has 0 fully saturated rings. The molecule has 0 N–H and O–H groups in total. The molecule has 0 heterocycles. The monoisotopic (exact) mass is 235 g/mol. The van der Waals surface area contributed by atoms with Gasteiger partial charge in [0.1, 0.15) is 0 Å². The summed E-state index contributed by atoms with van der Waals surface area (Å²) in [6.07, 6.45) is 3.28. The van der Waals surface area contributed by atoms with E-state index in [1.54, 1.807) is 0 Å². The molecule has 13 heavy (non-hydrogen) atoms. The van der Waals surface area contributed by atoms with Gasteiger partial charge >= 0.3 is 0 Å². The Morgan fingerprint density at radius 2 is 2.31 bits per heavy atom. The Hall–Kier alpha value is -0.810. The minimum absolute atomic E-state index is 0.122. The molecule has 0 amide bonds. The van der Waals surface area contributed by atoms with Gasteiger partial charge in [0.25, 0.3) is 0 Å². The summed E-state index contributed by atoms with van der Waals surface area (Å²) in [5, 5.41) is 8.95. The van der Waals surface area contributed by atoms with E-state index in [2.05, 4.69) is 34.1 Å². The summed E-state index contributed by atoms with van der Waals surface area (Å²) in [6.45, 7) is 0. The molecule has 1 aromatic rings. The molecule has 1 atom stereocenters. The van der Waals surface area contributed by atoms with Crippen molar-refractivity contribution >= 4 is 15.9 Å². The van der Waals surface area contributed by atoms with Crippen molar-refractivity contribution < 1.29 is 0 Å². The highest BCUT2D eigenvalue weighted by Crippen LogP contribution is 2.32. The maximum absolute atomic E-state index is 8.95. The third-order valence-corrected chi connectivity index (χ3v) is 3.07. The van der Waals surface area contributed by atoms with Crippen LogP contribution in [0.4, 0.5) is 0 Å². The maximum atomic E-state index is 8.95. The van der Waals surface area contributed by atoms with E-state index in [9.17, 15) is 0 Å². The Kier molecular flexibility index (Phi) is 2.37. The second-order valence-corrected chi connectivity index (χ2v) is 4.33. The Balaban J connectivity index is 2.47. The first-order valence-electron chi connectivity index (χ1n) is 4.49. The molecular weight excluding hydrogens is 226 g/mol. The number of nitrogens with zero attached hydrogens (tertiary/aromatic N) is 1. The third kappa shape index (κ3) is 1.62. The molecule has 1 aromatic carbocycles. The van der Waals surface area contributed by atoms with Crippen LogP contribution in [0.2, 0.25) is 0 Å². The molecular formula is C11H10BrN. The van der Waals surface area contributed by atoms with E-state index in [-0.39, 0.29) is 5.92 Å². The van der Waals surface area contributed by atoms with Gasteiger partial charge < -0.3 is 0 Å². The highest BCUT2D eigenvalue weighted by atomic mass is 79.9. The largest absolute Gasteiger partial charge is 0.198 e. The number of rotatable bonds is 0. The molecule has 66 valence electrons. The lowest BCUT2D eigenvalue weighted by Crippen LogP contribution is -2.07. The first-order chi connectivity index (χ1) is 6.31. The maximum Gasteiger partial charge on any atom is 0.0715 e. The van der Waals surface area contributed by atoms with E-state index >= 15 is 0 Å². The number of hydrogen-bond acceptors (Lipinski definition) is 1. The predicted octanol–water partition coefficient (Wildman–Crippen LogP) is 3.39. The molecule has 1 aliphatic rings. The van der Waals surface area contributed by atoms with Gasteiger partial charge in [0, 0.05) is 4.47 Å². The summed E-state index contributed by atoms with van der Waals surface area (Å²) in [5.41, 5.74) is 2.57. The Bertz CT molecular complexity index is 365. The van der Waals surface area contributed by atoms with E-state index in [0.717, 1.165) is 23.7 Å². The lowest BCUT2D eigenvalue weighted by Gasteiger charge is -2.20. The van der Waals surface area contributed by atoms with Gasteiger partial charge in [-0.2, -0.15) is 5.26 Å². The quantitative estimate of drug-likeness (QED) is 0.677. The minimum Gasteiger partial charge on any atom is -0.198 e. The van der Waals surface area contributed by atoms with Crippen molar-refractivity contribution in [3.63, 3.8) is 0 Å². The molecule has 0 aliphatic heterocycles. The Morgan fingerprint density at radius 3 is 3.08 bits per heavy atom. The number of nitriles is 1. The normalized spacial score (nSPS) is 20.5. The zero-order valence-corrected chi connectivity index (χ0v) is 8.84. The van der Waals surface area contributed by atoms with E-state index < -0.39 is 0 Å². The van der Waals surface area contributed by atoms with Crippen LogP contribution >= 0.6 is 15.9 Å². The van der Waals surface area contributed by atoms with E-state index in [4.69, 9.17) is 5.26 Å². The number of halogens is 1. The number of hydrogen-bond donors (Lipinski definition) is 0. The van der Waals surface area contributed by atoms with Crippen molar-refractivity contribution in [2.45, 2.75) is 25.2 Å². The molecule has 2 heteroatoms. The highest BCUT2D eigenvalue weighted by Gasteiger charge is 2.19. The lowest BCUT2D eigenvalue weighted by molar-refractivity contribution is 0.636. The zero-order chi connectivity index (χ0) is 9.26. The number of fused-ring (bicyclic) bond motifs is 1. The van der Waals surface area contributed by atoms with Crippen LogP contribution in [0.1, 0.15) is 29.9 Å². The molecule has 1 aliphatic carbocycles. The topological polar surface area (TPSA) is 23.8 Å². The predicted molar refractivity (Wildman–Crippen MR) is 55.4 cm³/mol. The Morgan fingerprint density at radius 1 is 1.46 bits per heavy atom. The molecule has 0 saturated heterocycles. The minimum atomic E-state index is 0.122. The summed E-state index contributed by atoms with van der Waals surface area (Å²) in [5.74, 6) is 0.122. The first kappa shape index (κ1) is 8.77. The van der Waals surface area contributed by atoms with Crippen molar-refractivity contribution in [3.8, 4) is 6.07 Å². The summed E-state index contributed by atoms with van der Waals surface area (Å²) >= 11 is 3.45. The van der Waals surface area contributed by atoms with Crippen LogP contribution in [-0.2, 0) is 6.42 Å². The lowest BCUT2D eigenvalue weighted by atomic mass is 9.84. The highest BCUT2D eigenvalue weighted by molar-refractivity contribution is 9.10. The Labute approximate surface area is 86.5 Å². The van der Waals surface area contributed by atoms with Gasteiger partial charge in [-0.3, -0.25) is 0 Å². The van der Waals surface area contributed by atoms with E-state index in [0.29, 0.717) is 0 Å². The van der Waals surface area contributed by atoms with Gasteiger partial charge in [-0.1, -0.05) is 22.0 Å². The summed E-state index contributed by atoms with van der Waals surface area (Å²) in [4.78, 5) is 0. The van der Waals surface area contributed by atoms with Crippen LogP contribution in [0.25, 0.3) is 0 Å². The summed E-state index contributed by atoms with van der Waals surface area (Å²) in [6, 6.07) is 8.60. The molecule has 0 radical (unpaired) electrons. The van der Waals surface area contributed by atoms with Gasteiger partial charge in [-0.05, 0) is 42.5 Å². The average molecular weight is 236 g/mol. The van der Waals surface area contributed by atoms with Gasteiger partial charge in [0.2, 0.25) is 0 Å². The molecule has 0 saturated carbocycles. The zero-order valence-electron chi connectivity index (χ0n) is 7.26. The van der Waals surface area contributed by atoms with Crippen LogP contribution in [0, 0.1) is 11.3 Å². The second kappa shape index (κ2) is 3.51. The van der Waals surface area contributed by atoms with Gasteiger partial charge in [-0.15, -0.1) is 0 Å². The summed E-state index contributed by atoms with van der Waals surface area (Å²) in [7, 11) is 0. The smallest absolute Gasteiger partial charge is 0.0715 e. The van der Waals surface area contributed by atoms with E-state index in [1.165, 1.54) is 11.1 Å². The van der Waals surface area contributed by atoms with Crippen molar-refractivity contribution in [1.29, 1.82) is 5.26 Å². The van der Waals surface area contributed by atoms with Gasteiger partial charge in [-0.25, -0.2) is 0 Å². The fourth-order valence-corrected chi connectivity index (χ4v) is 2.33. The first-order valence-corrected chi connectivity index (χ1v) is 5.28. The molecule has 0 bridgehead atoms. The fourth-order valence-electron chi connectivity index (χ4n) is 1.92. The summed E-state index contributed by atoms with van der Waals surface area (Å²) < 4.78 is 1.12. The van der Waals surface area contributed by atoms with Gasteiger partial charge in [0.15, 0.2) is 0 Å². The van der Waals surface area contributed by atoms with E-state index in [1.807, 2.05) is 6.07 Å². The average Bonchev–Trinajstić information content (AvgIpc) is 2.16. The van der Waals surface area contributed by atoms with Crippen LogP contribution < -0.4 is 0 Å².